The summed E-state index contributed by atoms with van der Waals surface area (Å²) in [4.78, 5) is 0. The Kier molecular flexibility index (Phi) is 10.3. The van der Waals surface area contributed by atoms with Crippen molar-refractivity contribution in [1.29, 1.82) is 0 Å². The monoisotopic (exact) mass is 754 g/mol. The molecule has 1 spiro atoms. The zero-order valence-electron chi connectivity index (χ0n) is 31.5. The Morgan fingerprint density at radius 3 is 2.26 bits per heavy atom. The molecule has 53 heavy (non-hydrogen) atoms. The second-order valence-corrected chi connectivity index (χ2v) is 18.4. The first-order valence-corrected chi connectivity index (χ1v) is 20.1. The van der Waals surface area contributed by atoms with E-state index in [0.29, 0.717) is 29.6 Å². The fourth-order valence-electron chi connectivity index (χ4n) is 12.6. The van der Waals surface area contributed by atoms with Gasteiger partial charge in [-0.3, -0.25) is 0 Å². The Morgan fingerprint density at radius 1 is 0.811 bits per heavy atom. The lowest BCUT2D eigenvalue weighted by molar-refractivity contribution is -0.373. The van der Waals surface area contributed by atoms with E-state index in [2.05, 4.69) is 33.8 Å². The predicted molar refractivity (Wildman–Crippen MR) is 184 cm³/mol. The summed E-state index contributed by atoms with van der Waals surface area (Å²) in [6, 6.07) is 0. The molecule has 8 N–H and O–H groups in total. The van der Waals surface area contributed by atoms with Crippen molar-refractivity contribution in [2.75, 3.05) is 13.2 Å². The molecule has 23 atom stereocenters. The van der Waals surface area contributed by atoms with Gasteiger partial charge in [-0.1, -0.05) is 39.3 Å². The summed E-state index contributed by atoms with van der Waals surface area (Å²) in [7, 11) is 0. The van der Waals surface area contributed by atoms with Crippen LogP contribution in [0.25, 0.3) is 0 Å². The summed E-state index contributed by atoms with van der Waals surface area (Å²) in [5, 5.41) is 86.8. The smallest absolute Gasteiger partial charge is 0.187 e. The van der Waals surface area contributed by atoms with Crippen LogP contribution in [0.4, 0.5) is 0 Å². The van der Waals surface area contributed by atoms with Gasteiger partial charge in [0.1, 0.15) is 48.8 Å². The van der Waals surface area contributed by atoms with Gasteiger partial charge in [-0.2, -0.15) is 0 Å². The van der Waals surface area contributed by atoms with Gasteiger partial charge < -0.3 is 69.3 Å². The van der Waals surface area contributed by atoms with E-state index in [1.54, 1.807) is 0 Å². The van der Waals surface area contributed by atoms with Crippen LogP contribution in [0.2, 0.25) is 0 Å². The lowest BCUT2D eigenvalue weighted by Crippen LogP contribution is -2.66. The fourth-order valence-corrected chi connectivity index (χ4v) is 12.6. The number of hydrogen-bond acceptors (Lipinski definition) is 14. The molecule has 14 nitrogen and oxygen atoms in total. The molecule has 0 aromatic rings. The molecule has 302 valence electrons. The van der Waals surface area contributed by atoms with Crippen LogP contribution in [0.15, 0.2) is 11.6 Å². The van der Waals surface area contributed by atoms with Gasteiger partial charge in [0, 0.05) is 17.8 Å². The van der Waals surface area contributed by atoms with E-state index >= 15 is 0 Å². The Hall–Kier alpha value is -0.820. The average Bonchev–Trinajstić information content (AvgIpc) is 3.58. The van der Waals surface area contributed by atoms with E-state index in [1.165, 1.54) is 6.92 Å². The van der Waals surface area contributed by atoms with Crippen LogP contribution < -0.4 is 0 Å². The molecule has 0 amide bonds. The second-order valence-electron chi connectivity index (χ2n) is 18.4. The Morgan fingerprint density at radius 2 is 1.57 bits per heavy atom. The highest BCUT2D eigenvalue weighted by Crippen LogP contribution is 2.70. The molecular formula is C39H62O14. The number of hydrogen-bond donors (Lipinski definition) is 8. The summed E-state index contributed by atoms with van der Waals surface area (Å²) >= 11 is 0. The largest absolute Gasteiger partial charge is 0.394 e. The number of aliphatic hydroxyl groups excluding tert-OH is 8. The van der Waals surface area contributed by atoms with Crippen molar-refractivity contribution < 1.29 is 69.3 Å². The summed E-state index contributed by atoms with van der Waals surface area (Å²) in [5.41, 5.74) is 0.356. The number of allylic oxidation sites excluding steroid dienone is 1. The minimum absolute atomic E-state index is 0.0797. The van der Waals surface area contributed by atoms with Crippen LogP contribution in [0.1, 0.15) is 79.6 Å². The van der Waals surface area contributed by atoms with Crippen LogP contribution in [-0.4, -0.2) is 146 Å². The Balaban J connectivity index is 1.01. The summed E-state index contributed by atoms with van der Waals surface area (Å²) in [6.07, 6.45) is -9.88. The Labute approximate surface area is 311 Å². The molecule has 4 aliphatic heterocycles. The molecule has 8 rings (SSSR count). The minimum Gasteiger partial charge on any atom is -0.394 e. The van der Waals surface area contributed by atoms with Crippen LogP contribution in [-0.2, 0) is 28.4 Å². The van der Waals surface area contributed by atoms with E-state index in [0.717, 1.165) is 50.7 Å². The molecule has 0 aromatic carbocycles. The van der Waals surface area contributed by atoms with Gasteiger partial charge in [-0.15, -0.1) is 0 Å². The van der Waals surface area contributed by atoms with Crippen LogP contribution in [0, 0.1) is 46.3 Å². The van der Waals surface area contributed by atoms with Gasteiger partial charge in [0.2, 0.25) is 0 Å². The molecule has 7 fully saturated rings. The molecule has 0 bridgehead atoms. The molecular weight excluding hydrogens is 692 g/mol. The molecule has 3 saturated carbocycles. The maximum absolute atomic E-state index is 12.1. The SMILES string of the molecule is CC1CC[C@@]2(OC1)OC1C[C@H]3[C@@H]4CC=C5C[C@@H](O[C@H]6O[C@@H](CO)[C@@H](O)[C@@H](O)[C@@H]6O[C@H]6O[C@H](C)[C@@H](O)[C@H](O)[C@@H]6O)[C@H](O)[C@@H](O)[C@]5(C)[C@H]4CC[C@]3(C)C1[C@@H]2C. The zero-order valence-corrected chi connectivity index (χ0v) is 31.5. The normalized spacial score (nSPS) is 59.5. The highest BCUT2D eigenvalue weighted by atomic mass is 16.8. The van der Waals surface area contributed by atoms with Gasteiger partial charge in [-0.05, 0) is 80.5 Å². The van der Waals surface area contributed by atoms with Crippen LogP contribution in [0.5, 0.6) is 0 Å². The third-order valence-electron chi connectivity index (χ3n) is 15.8. The van der Waals surface area contributed by atoms with Gasteiger partial charge in [-0.25, -0.2) is 0 Å². The highest BCUT2D eigenvalue weighted by Gasteiger charge is 2.70. The van der Waals surface area contributed by atoms with Crippen molar-refractivity contribution in [2.24, 2.45) is 46.3 Å². The summed E-state index contributed by atoms with van der Waals surface area (Å²) in [5.74, 6) is 1.61. The van der Waals surface area contributed by atoms with E-state index in [-0.39, 0.29) is 23.9 Å². The number of aliphatic hydroxyl groups is 8. The fraction of sp³-hybridized carbons (Fsp3) is 0.949. The molecule has 3 unspecified atom stereocenters. The van der Waals surface area contributed by atoms with Gasteiger partial charge in [0.05, 0.1) is 37.6 Å². The van der Waals surface area contributed by atoms with E-state index in [1.807, 2.05) is 0 Å². The molecule has 4 saturated heterocycles. The highest BCUT2D eigenvalue weighted by molar-refractivity contribution is 5.30. The molecule has 14 heteroatoms. The van der Waals surface area contributed by atoms with Crippen LogP contribution in [0.3, 0.4) is 0 Å². The lowest BCUT2D eigenvalue weighted by atomic mass is 9.46. The first-order chi connectivity index (χ1) is 25.1. The maximum atomic E-state index is 12.1. The molecule has 0 radical (unpaired) electrons. The van der Waals surface area contributed by atoms with Crippen molar-refractivity contribution in [3.8, 4) is 0 Å². The van der Waals surface area contributed by atoms with Gasteiger partial charge in [0.15, 0.2) is 18.4 Å². The molecule has 0 aromatic heterocycles. The van der Waals surface area contributed by atoms with Crippen molar-refractivity contribution in [1.82, 2.24) is 0 Å². The van der Waals surface area contributed by atoms with E-state index in [4.69, 9.17) is 28.4 Å². The third kappa shape index (κ3) is 5.87. The first-order valence-electron chi connectivity index (χ1n) is 20.1. The maximum Gasteiger partial charge on any atom is 0.187 e. The van der Waals surface area contributed by atoms with Crippen molar-refractivity contribution in [3.05, 3.63) is 11.6 Å². The number of rotatable bonds is 5. The topological polar surface area (TPSA) is 217 Å². The lowest BCUT2D eigenvalue weighted by Gasteiger charge is -2.60. The average molecular weight is 755 g/mol. The van der Waals surface area contributed by atoms with Crippen molar-refractivity contribution >= 4 is 0 Å². The summed E-state index contributed by atoms with van der Waals surface area (Å²) < 4.78 is 37.1. The first kappa shape index (κ1) is 39.0. The van der Waals surface area contributed by atoms with Crippen LogP contribution >= 0.6 is 0 Å². The number of fused-ring (bicyclic) bond motifs is 7. The molecule has 4 aliphatic carbocycles. The van der Waals surface area contributed by atoms with Crippen molar-refractivity contribution in [2.45, 2.75) is 171 Å². The van der Waals surface area contributed by atoms with Gasteiger partial charge >= 0.3 is 0 Å². The number of ether oxygens (including phenoxy) is 6. The zero-order chi connectivity index (χ0) is 37.9. The molecule has 8 aliphatic rings. The second kappa shape index (κ2) is 13.9. The van der Waals surface area contributed by atoms with E-state index < -0.39 is 97.5 Å². The van der Waals surface area contributed by atoms with Crippen molar-refractivity contribution in [3.63, 3.8) is 0 Å². The Bertz CT molecular complexity index is 1370. The standard InChI is InChI=1S/C39H62O14/c1-16-8-11-39(48-15-16)17(2)26-23(53-39)13-22-20-7-6-19-12-24(29(43)34(47)38(19,5)21(20)9-10-37(22,26)4)50-36-33(31(45)28(42)25(14-40)51-36)52-35-32(46)30(44)27(41)18(3)49-35/h6,16-18,20-36,40-47H,7-15H2,1-5H3/t16?,17-,18+,20+,21-,22-,23?,24+,25-,26?,27+,28+,29-,30-,31+,32-,33-,34+,35+,36-,37-,38-,39+/m0/s1. The van der Waals surface area contributed by atoms with E-state index in [9.17, 15) is 40.9 Å². The predicted octanol–water partition coefficient (Wildman–Crippen LogP) is 0.332. The quantitative estimate of drug-likeness (QED) is 0.178. The van der Waals surface area contributed by atoms with Gasteiger partial charge in [0.25, 0.3) is 0 Å². The summed E-state index contributed by atoms with van der Waals surface area (Å²) in [6.45, 7) is 10.6. The third-order valence-corrected chi connectivity index (χ3v) is 15.8. The minimum atomic E-state index is -1.71. The molecule has 4 heterocycles.